The van der Waals surface area contributed by atoms with E-state index in [1.54, 1.807) is 0 Å². The highest BCUT2D eigenvalue weighted by Crippen LogP contribution is 2.37. The lowest BCUT2D eigenvalue weighted by atomic mass is 10.00. The van der Waals surface area contributed by atoms with Gasteiger partial charge in [0.05, 0.1) is 6.20 Å². The topological polar surface area (TPSA) is 159 Å². The molecular weight excluding hydrogens is 577 g/mol. The number of halogens is 3. The standard InChI is InChI=1S/C23H23F3N6O6S2/c24-23(25,26)38-17-10-14-12(2-4-28-19(14)27)8-13(17)9-16(21(34)35)31-7-3-15(20(31)33)32(40(36)37)18-11-29-22(39-18)30-5-1-6-30/h2,4,8,10-11,15-16,40H,1,3,5-7,9H2,(H2,27,28)(H,34,35)/t15-,16+/m0/s1. The second kappa shape index (κ2) is 10.6. The number of thiazole rings is 1. The number of carboxylic acid groups (broad SMARTS) is 1. The van der Waals surface area contributed by atoms with Crippen molar-refractivity contribution < 1.29 is 41.0 Å². The van der Waals surface area contributed by atoms with Gasteiger partial charge in [0.25, 0.3) is 0 Å². The van der Waals surface area contributed by atoms with Gasteiger partial charge in [-0.15, -0.1) is 13.2 Å². The fraction of sp³-hybridized carbons (Fsp3) is 0.391. The van der Waals surface area contributed by atoms with Gasteiger partial charge in [-0.25, -0.2) is 27.5 Å². The van der Waals surface area contributed by atoms with Crippen LogP contribution in [0.4, 0.5) is 29.1 Å². The summed E-state index contributed by atoms with van der Waals surface area (Å²) < 4.78 is 69.2. The van der Waals surface area contributed by atoms with Crippen LogP contribution in [0.2, 0.25) is 0 Å². The van der Waals surface area contributed by atoms with E-state index in [-0.39, 0.29) is 34.7 Å². The first-order valence-corrected chi connectivity index (χ1v) is 14.0. The number of likely N-dealkylation sites (tertiary alicyclic amines) is 1. The monoisotopic (exact) mass is 600 g/mol. The van der Waals surface area contributed by atoms with E-state index in [2.05, 4.69) is 14.7 Å². The molecule has 0 radical (unpaired) electrons. The Morgan fingerprint density at radius 1 is 1.27 bits per heavy atom. The zero-order chi connectivity index (χ0) is 28.8. The summed E-state index contributed by atoms with van der Waals surface area (Å²) >= 11 is 1.10. The van der Waals surface area contributed by atoms with Gasteiger partial charge in [0.15, 0.2) is 5.13 Å². The van der Waals surface area contributed by atoms with Crippen molar-refractivity contribution in [1.82, 2.24) is 14.9 Å². The first kappa shape index (κ1) is 27.7. The van der Waals surface area contributed by atoms with Crippen LogP contribution in [-0.4, -0.2) is 78.3 Å². The number of nitrogen functional groups attached to an aromatic ring is 1. The first-order valence-electron chi connectivity index (χ1n) is 12.0. The fourth-order valence-electron chi connectivity index (χ4n) is 4.78. The molecule has 0 saturated carbocycles. The lowest BCUT2D eigenvalue weighted by molar-refractivity contribution is -0.274. The third-order valence-electron chi connectivity index (χ3n) is 6.79. The smallest absolute Gasteiger partial charge is 0.480 e. The van der Waals surface area contributed by atoms with Crippen molar-refractivity contribution in [3.05, 3.63) is 36.2 Å². The van der Waals surface area contributed by atoms with Gasteiger partial charge in [-0.3, -0.25) is 4.79 Å². The number of hydrogen-bond acceptors (Lipinski definition) is 10. The molecule has 0 spiro atoms. The van der Waals surface area contributed by atoms with Crippen molar-refractivity contribution in [3.63, 3.8) is 0 Å². The Hall–Kier alpha value is -3.86. The number of ether oxygens (including phenoxy) is 1. The molecule has 2 saturated heterocycles. The molecule has 3 aromatic rings. The number of thiol groups is 1. The van der Waals surface area contributed by atoms with E-state index in [4.69, 9.17) is 5.73 Å². The second-order valence-electron chi connectivity index (χ2n) is 9.22. The molecule has 0 aliphatic carbocycles. The van der Waals surface area contributed by atoms with Crippen LogP contribution in [0, 0.1) is 0 Å². The van der Waals surface area contributed by atoms with Gasteiger partial charge < -0.3 is 25.4 Å². The highest BCUT2D eigenvalue weighted by Gasteiger charge is 2.44. The molecule has 0 unspecified atom stereocenters. The molecule has 3 N–H and O–H groups in total. The maximum Gasteiger partial charge on any atom is 0.573 e. The van der Waals surface area contributed by atoms with Crippen LogP contribution in [0.1, 0.15) is 18.4 Å². The van der Waals surface area contributed by atoms with Crippen molar-refractivity contribution >= 4 is 60.8 Å². The number of benzene rings is 1. The second-order valence-corrected chi connectivity index (χ2v) is 11.1. The summed E-state index contributed by atoms with van der Waals surface area (Å²) in [4.78, 5) is 36.8. The number of fused-ring (bicyclic) bond motifs is 1. The minimum Gasteiger partial charge on any atom is -0.480 e. The van der Waals surface area contributed by atoms with Crippen LogP contribution in [0.3, 0.4) is 0 Å². The van der Waals surface area contributed by atoms with E-state index in [0.717, 1.165) is 46.1 Å². The number of nitrogens with zero attached hydrogens (tertiary/aromatic N) is 5. The number of carbonyl (C=O) groups excluding carboxylic acids is 1. The van der Waals surface area contributed by atoms with Crippen molar-refractivity contribution in [3.8, 4) is 5.75 Å². The molecule has 1 amide bonds. The predicted octanol–water partition coefficient (Wildman–Crippen LogP) is 2.01. The normalized spacial score (nSPS) is 18.3. The number of aliphatic carboxylic acids is 1. The van der Waals surface area contributed by atoms with Crippen molar-refractivity contribution in [1.29, 1.82) is 0 Å². The lowest BCUT2D eigenvalue weighted by Crippen LogP contribution is -2.48. The van der Waals surface area contributed by atoms with Crippen LogP contribution in [0.25, 0.3) is 10.8 Å². The molecule has 0 bridgehead atoms. The van der Waals surface area contributed by atoms with Crippen LogP contribution in [0.5, 0.6) is 5.75 Å². The number of aromatic nitrogens is 2. The van der Waals surface area contributed by atoms with E-state index < -0.39 is 53.4 Å². The zero-order valence-corrected chi connectivity index (χ0v) is 22.3. The SMILES string of the molecule is Nc1nccc2cc(C[C@H](C(=O)O)N3CC[C@H](N(c4cnc(N5CCC5)s4)[SH](=O)=O)C3=O)c(OC(F)(F)F)cc12. The summed E-state index contributed by atoms with van der Waals surface area (Å²) in [5.41, 5.74) is 5.66. The van der Waals surface area contributed by atoms with E-state index in [1.165, 1.54) is 24.5 Å². The third kappa shape index (κ3) is 5.42. The molecule has 40 heavy (non-hydrogen) atoms. The third-order valence-corrected chi connectivity index (χ3v) is 8.83. The molecule has 2 aliphatic rings. The Morgan fingerprint density at radius 3 is 2.65 bits per heavy atom. The molecule has 17 heteroatoms. The molecule has 2 aromatic heterocycles. The molecule has 2 fully saturated rings. The summed E-state index contributed by atoms with van der Waals surface area (Å²) in [6, 6.07) is 0.996. The Balaban J connectivity index is 1.44. The summed E-state index contributed by atoms with van der Waals surface area (Å²) in [6.45, 7) is 1.44. The van der Waals surface area contributed by atoms with Crippen LogP contribution < -0.4 is 19.7 Å². The minimum atomic E-state index is -5.09. The van der Waals surface area contributed by atoms with Gasteiger partial charge in [0, 0.05) is 37.6 Å². The quantitative estimate of drug-likeness (QED) is 0.310. The van der Waals surface area contributed by atoms with Gasteiger partial charge in [0.1, 0.15) is 28.7 Å². The number of amides is 1. The Morgan fingerprint density at radius 2 is 2.02 bits per heavy atom. The fourth-order valence-corrected chi connectivity index (χ4v) is 6.68. The summed E-state index contributed by atoms with van der Waals surface area (Å²) in [5.74, 6) is -2.98. The highest BCUT2D eigenvalue weighted by molar-refractivity contribution is 7.74. The summed E-state index contributed by atoms with van der Waals surface area (Å²) in [5, 5.41) is 11.4. The van der Waals surface area contributed by atoms with Crippen molar-refractivity contribution in [2.75, 3.05) is 34.6 Å². The van der Waals surface area contributed by atoms with Gasteiger partial charge in [-0.1, -0.05) is 11.3 Å². The molecule has 214 valence electrons. The van der Waals surface area contributed by atoms with Crippen LogP contribution >= 0.6 is 11.3 Å². The van der Waals surface area contributed by atoms with E-state index in [0.29, 0.717) is 10.5 Å². The van der Waals surface area contributed by atoms with Gasteiger partial charge >= 0.3 is 12.3 Å². The number of hydrogen-bond donors (Lipinski definition) is 3. The highest BCUT2D eigenvalue weighted by atomic mass is 32.2. The first-order chi connectivity index (χ1) is 18.9. The van der Waals surface area contributed by atoms with E-state index in [9.17, 15) is 36.3 Å². The van der Waals surface area contributed by atoms with Gasteiger partial charge in [0.2, 0.25) is 16.8 Å². The molecule has 1 aromatic carbocycles. The van der Waals surface area contributed by atoms with Crippen molar-refractivity contribution in [2.45, 2.75) is 37.7 Å². The molecule has 12 nitrogen and oxygen atoms in total. The number of anilines is 3. The lowest BCUT2D eigenvalue weighted by Gasteiger charge is -2.30. The number of alkyl halides is 3. The largest absolute Gasteiger partial charge is 0.573 e. The maximum absolute atomic E-state index is 13.4. The Bertz CT molecular complexity index is 1540. The zero-order valence-electron chi connectivity index (χ0n) is 20.6. The van der Waals surface area contributed by atoms with Crippen LogP contribution in [-0.2, 0) is 26.9 Å². The minimum absolute atomic E-state index is 0.0191. The number of rotatable bonds is 9. The average Bonchev–Trinajstić information content (AvgIpc) is 3.43. The predicted molar refractivity (Wildman–Crippen MR) is 140 cm³/mol. The number of carboxylic acids is 1. The van der Waals surface area contributed by atoms with Crippen LogP contribution in [0.15, 0.2) is 30.6 Å². The average molecular weight is 601 g/mol. The van der Waals surface area contributed by atoms with Crippen molar-refractivity contribution in [2.24, 2.45) is 0 Å². The van der Waals surface area contributed by atoms with E-state index in [1.807, 2.05) is 4.90 Å². The summed E-state index contributed by atoms with van der Waals surface area (Å²) in [7, 11) is -3.29. The van der Waals surface area contributed by atoms with Gasteiger partial charge in [-0.2, -0.15) is 0 Å². The van der Waals surface area contributed by atoms with E-state index >= 15 is 0 Å². The molecule has 5 rings (SSSR count). The summed E-state index contributed by atoms with van der Waals surface area (Å²) in [6.07, 6.45) is -1.96. The molecular formula is C23H23F3N6O6S2. The number of carbonyl (C=O) groups is 2. The van der Waals surface area contributed by atoms with Gasteiger partial charge in [-0.05, 0) is 42.0 Å². The maximum atomic E-state index is 13.4. The molecule has 2 aliphatic heterocycles. The number of nitrogens with two attached hydrogens (primary N) is 1. The Kier molecular flexibility index (Phi) is 7.34. The molecule has 4 heterocycles. The molecule has 2 atom stereocenters. The Labute approximate surface area is 230 Å². The number of pyridine rings is 1.